The molecule has 0 spiro atoms. The second-order valence-electron chi connectivity index (χ2n) is 0.745. The summed E-state index contributed by atoms with van der Waals surface area (Å²) in [6.07, 6.45) is 0. The Labute approximate surface area is 85.9 Å². The maximum atomic E-state index is 8.67. The van der Waals surface area contributed by atoms with Gasteiger partial charge in [0.25, 0.3) is 0 Å². The van der Waals surface area contributed by atoms with Crippen molar-refractivity contribution in [1.82, 2.24) is 0 Å². The van der Waals surface area contributed by atoms with Gasteiger partial charge in [0.15, 0.2) is 0 Å². The summed E-state index contributed by atoms with van der Waals surface area (Å²) in [5.74, 6) is 0. The molecule has 0 bridgehead atoms. The molecule has 0 aromatic carbocycles. The van der Waals surface area contributed by atoms with Gasteiger partial charge in [-0.2, -0.15) is 0 Å². The monoisotopic (exact) mass is 362 g/mol. The zero-order chi connectivity index (χ0) is 5.45. The van der Waals surface area contributed by atoms with Crippen LogP contribution >= 0.6 is 0 Å². The minimum absolute atomic E-state index is 0. The van der Waals surface area contributed by atoms with Crippen LogP contribution in [0.5, 0.6) is 0 Å². The first-order valence-electron chi connectivity index (χ1n) is 0.913. The molecule has 43 valence electrons. The van der Waals surface area contributed by atoms with E-state index in [9.17, 15) is 0 Å². The second-order valence-corrected chi connectivity index (χ2v) is 6.10. The fourth-order valence-corrected chi connectivity index (χ4v) is 0. The molecule has 0 aliphatic carbocycles. The van der Waals surface area contributed by atoms with Gasteiger partial charge >= 0.3 is 87.5 Å². The molecule has 0 N–H and O–H groups in total. The Balaban J connectivity index is -0.000000125. The summed E-state index contributed by atoms with van der Waals surface area (Å²) in [6, 6.07) is 0. The summed E-state index contributed by atoms with van der Waals surface area (Å²) in [5, 5.41) is 0. The van der Waals surface area contributed by atoms with Crippen LogP contribution < -0.4 is 0 Å². The molecule has 0 heterocycles. The molecule has 0 rings (SSSR count). The third-order valence-electron chi connectivity index (χ3n) is 0. The van der Waals surface area contributed by atoms with Crippen LogP contribution in [0.3, 0.4) is 0 Å². The van der Waals surface area contributed by atoms with Gasteiger partial charge in [-0.05, 0) is 0 Å². The van der Waals surface area contributed by atoms with E-state index in [0.29, 0.717) is 0 Å². The van der Waals surface area contributed by atoms with Crippen molar-refractivity contribution in [3.05, 3.63) is 0 Å². The summed E-state index contributed by atoms with van der Waals surface area (Å²) < 4.78 is 43.4. The third-order valence-corrected chi connectivity index (χ3v) is 0. The first-order chi connectivity index (χ1) is 2.24. The van der Waals surface area contributed by atoms with Crippen LogP contribution in [0.25, 0.3) is 0 Å². The van der Waals surface area contributed by atoms with E-state index in [0.717, 1.165) is 0 Å². The molecule has 0 radical (unpaired) electrons. The Kier molecular flexibility index (Phi) is 7.15. The van der Waals surface area contributed by atoms with Gasteiger partial charge < -0.3 is 0 Å². The van der Waals surface area contributed by atoms with Gasteiger partial charge in [-0.25, -0.2) is 0 Å². The van der Waals surface area contributed by atoms with Crippen molar-refractivity contribution in [3.8, 4) is 0 Å². The van der Waals surface area contributed by atoms with Crippen LogP contribution in [0.4, 0.5) is 0 Å². The van der Waals surface area contributed by atoms with E-state index in [-0.39, 0.29) is 55.6 Å². The van der Waals surface area contributed by atoms with E-state index in [4.69, 9.17) is 16.3 Å². The Hall–Kier alpha value is 1.39. The van der Waals surface area contributed by atoms with Gasteiger partial charge in [-0.3, -0.25) is 0 Å². The van der Waals surface area contributed by atoms with Crippen molar-refractivity contribution in [3.63, 3.8) is 0 Å². The maximum absolute atomic E-state index is 8.67. The van der Waals surface area contributed by atoms with E-state index >= 15 is 0 Å². The molecule has 0 aliphatic rings. The average Bonchev–Trinajstić information content (AvgIpc) is 0.650. The van der Waals surface area contributed by atoms with E-state index < -0.39 is 15.7 Å². The Morgan fingerprint density at radius 3 is 0.750 bits per heavy atom. The molecule has 8 heteroatoms. The van der Waals surface area contributed by atoms with Crippen LogP contribution in [-0.4, -0.2) is 55.6 Å². The SMILES string of the molecule is [BeH2].[O]=[Ta](=[O])(=[O])(=[O])=[O].[SrH2]. The van der Waals surface area contributed by atoms with Gasteiger partial charge in [0.2, 0.25) is 0 Å². The fourth-order valence-electron chi connectivity index (χ4n) is 0. The molecule has 8 heavy (non-hydrogen) atoms. The molecule has 0 saturated carbocycles. The molecule has 0 atom stereocenters. The first kappa shape index (κ1) is 16.2. The Morgan fingerprint density at radius 1 is 0.750 bits per heavy atom. The van der Waals surface area contributed by atoms with E-state index in [1.807, 2.05) is 0 Å². The minimum atomic E-state index is -8.05. The van der Waals surface area contributed by atoms with E-state index in [1.54, 1.807) is 0 Å². The van der Waals surface area contributed by atoms with Crippen molar-refractivity contribution >= 4 is 55.6 Å². The summed E-state index contributed by atoms with van der Waals surface area (Å²) in [7, 11) is 0. The van der Waals surface area contributed by atoms with Crippen molar-refractivity contribution < 1.29 is 31.9 Å². The van der Waals surface area contributed by atoms with Gasteiger partial charge in [0.05, 0.1) is 0 Å². The molecule has 0 aromatic rings. The van der Waals surface area contributed by atoms with Gasteiger partial charge in [-0.15, -0.1) is 0 Å². The van der Waals surface area contributed by atoms with Crippen LogP contribution in [0.2, 0.25) is 0 Å². The van der Waals surface area contributed by atoms with Crippen molar-refractivity contribution in [2.45, 2.75) is 0 Å². The zero-order valence-corrected chi connectivity index (χ0v) is 5.70. The van der Waals surface area contributed by atoms with Gasteiger partial charge in [0.1, 0.15) is 0 Å². The van der Waals surface area contributed by atoms with Crippen molar-refractivity contribution in [2.24, 2.45) is 0 Å². The molecule has 0 unspecified atom stereocenters. The standard InChI is InChI=1S/Be.5O.Sr.Ta.4H. The van der Waals surface area contributed by atoms with Crippen LogP contribution in [0, 0.1) is 0 Å². The molecule has 5 nitrogen and oxygen atoms in total. The van der Waals surface area contributed by atoms with Crippen molar-refractivity contribution in [2.75, 3.05) is 0 Å². The van der Waals surface area contributed by atoms with Crippen LogP contribution in [-0.2, 0) is 31.9 Å². The predicted molar refractivity (Wildman–Crippen MR) is 20.5 cm³/mol. The summed E-state index contributed by atoms with van der Waals surface area (Å²) in [4.78, 5) is 0. The Morgan fingerprint density at radius 2 is 0.750 bits per heavy atom. The molecule has 0 saturated heterocycles. The molecular weight excluding hydrogens is 358 g/mol. The van der Waals surface area contributed by atoms with E-state index in [2.05, 4.69) is 0 Å². The predicted octanol–water partition coefficient (Wildman–Crippen LogP) is -2.43. The quantitative estimate of drug-likeness (QED) is 0.448. The summed E-state index contributed by atoms with van der Waals surface area (Å²) in [6.45, 7) is 0. The molecule has 0 aliphatic heterocycles. The fraction of sp³-hybridized carbons (Fsp3) is 0. The number of hydrogen-bond acceptors (Lipinski definition) is 5. The summed E-state index contributed by atoms with van der Waals surface area (Å²) in [5.41, 5.74) is 0. The Bertz CT molecular complexity index is 282. The van der Waals surface area contributed by atoms with Gasteiger partial charge in [-0.1, -0.05) is 0 Å². The average molecular weight is 362 g/mol. The molecule has 0 aromatic heterocycles. The van der Waals surface area contributed by atoms with Crippen molar-refractivity contribution in [1.29, 1.82) is 0 Å². The van der Waals surface area contributed by atoms with Crippen LogP contribution in [0.1, 0.15) is 0 Å². The third kappa shape index (κ3) is 156. The molecular formula is H4BeO5SrTa. The molecule has 0 fully saturated rings. The molecule has 0 amide bonds. The zero-order valence-electron chi connectivity index (χ0n) is 2.49. The summed E-state index contributed by atoms with van der Waals surface area (Å²) >= 11 is -8.05. The first-order valence-corrected chi connectivity index (χ1v) is 7.47. The normalized spacial score (nSPS) is 7.50. The number of rotatable bonds is 0. The van der Waals surface area contributed by atoms with Gasteiger partial charge in [0, 0.05) is 0 Å². The second kappa shape index (κ2) is 3.53. The topological polar surface area (TPSA) is 85.3 Å². The van der Waals surface area contributed by atoms with Crippen LogP contribution in [0.15, 0.2) is 0 Å². The van der Waals surface area contributed by atoms with E-state index in [1.165, 1.54) is 0 Å². The number of hydrogen-bond donors (Lipinski definition) is 0.